The predicted molar refractivity (Wildman–Crippen MR) is 51.1 cm³/mol. The van der Waals surface area contributed by atoms with Crippen molar-refractivity contribution < 1.29 is 14.3 Å². The second kappa shape index (κ2) is 3.21. The van der Waals surface area contributed by atoms with Crippen LogP contribution in [0.2, 0.25) is 0 Å². The van der Waals surface area contributed by atoms with Crippen molar-refractivity contribution in [1.82, 2.24) is 0 Å². The Morgan fingerprint density at radius 3 is 3.14 bits per heavy atom. The minimum Gasteiger partial charge on any atom is -0.492 e. The van der Waals surface area contributed by atoms with E-state index in [0.29, 0.717) is 18.0 Å². The standard InChI is InChI=1S/C10H11NO3/c1-13-10(12)8-5-14-9-4-6(11)2-3-7(8)9/h2-4,8H,5,11H2,1H3/t8-/m1/s1. The molecule has 0 unspecified atom stereocenters. The van der Waals surface area contributed by atoms with Gasteiger partial charge in [0, 0.05) is 17.3 Å². The molecule has 2 N–H and O–H groups in total. The molecule has 0 bridgehead atoms. The number of nitrogen functional groups attached to an aromatic ring is 1. The molecule has 2 rings (SSSR count). The first kappa shape index (κ1) is 8.87. The lowest BCUT2D eigenvalue weighted by Gasteiger charge is -2.05. The summed E-state index contributed by atoms with van der Waals surface area (Å²) in [6.45, 7) is 0.339. The smallest absolute Gasteiger partial charge is 0.316 e. The molecule has 0 radical (unpaired) electrons. The van der Waals surface area contributed by atoms with E-state index in [0.717, 1.165) is 5.56 Å². The fourth-order valence-corrected chi connectivity index (χ4v) is 1.56. The highest BCUT2D eigenvalue weighted by molar-refractivity contribution is 5.80. The van der Waals surface area contributed by atoms with E-state index in [1.165, 1.54) is 7.11 Å². The maximum absolute atomic E-state index is 11.3. The van der Waals surface area contributed by atoms with E-state index in [4.69, 9.17) is 10.5 Å². The lowest BCUT2D eigenvalue weighted by Crippen LogP contribution is -2.15. The summed E-state index contributed by atoms with van der Waals surface area (Å²) < 4.78 is 10.0. The number of carbonyl (C=O) groups excluding carboxylic acids is 1. The molecule has 4 nitrogen and oxygen atoms in total. The quantitative estimate of drug-likeness (QED) is 0.532. The summed E-state index contributed by atoms with van der Waals surface area (Å²) in [6.07, 6.45) is 0. The van der Waals surface area contributed by atoms with Crippen LogP contribution in [0.4, 0.5) is 5.69 Å². The summed E-state index contributed by atoms with van der Waals surface area (Å²) in [5, 5.41) is 0. The first-order chi connectivity index (χ1) is 6.72. The molecule has 0 saturated carbocycles. The molecule has 1 atom stereocenters. The fraction of sp³-hybridized carbons (Fsp3) is 0.300. The van der Waals surface area contributed by atoms with Crippen LogP contribution in [-0.4, -0.2) is 19.7 Å². The van der Waals surface area contributed by atoms with Crippen molar-refractivity contribution in [2.75, 3.05) is 19.5 Å². The topological polar surface area (TPSA) is 61.5 Å². The van der Waals surface area contributed by atoms with Gasteiger partial charge in [0.2, 0.25) is 0 Å². The van der Waals surface area contributed by atoms with Gasteiger partial charge in [-0.25, -0.2) is 0 Å². The number of nitrogens with two attached hydrogens (primary N) is 1. The summed E-state index contributed by atoms with van der Waals surface area (Å²) in [5.74, 6) is 0.101. The number of anilines is 1. The molecule has 0 fully saturated rings. The average molecular weight is 193 g/mol. The van der Waals surface area contributed by atoms with Crippen molar-refractivity contribution in [3.8, 4) is 5.75 Å². The first-order valence-corrected chi connectivity index (χ1v) is 4.32. The van der Waals surface area contributed by atoms with Crippen LogP contribution < -0.4 is 10.5 Å². The number of esters is 1. The molecule has 0 aliphatic carbocycles. The van der Waals surface area contributed by atoms with Crippen molar-refractivity contribution >= 4 is 11.7 Å². The Labute approximate surface area is 81.6 Å². The maximum atomic E-state index is 11.3. The summed E-state index contributed by atoms with van der Waals surface area (Å²) >= 11 is 0. The lowest BCUT2D eigenvalue weighted by molar-refractivity contribution is -0.142. The largest absolute Gasteiger partial charge is 0.492 e. The van der Waals surface area contributed by atoms with E-state index in [2.05, 4.69) is 4.74 Å². The van der Waals surface area contributed by atoms with Gasteiger partial charge in [-0.2, -0.15) is 0 Å². The van der Waals surface area contributed by atoms with Crippen LogP contribution in [0.1, 0.15) is 11.5 Å². The molecule has 74 valence electrons. The third-order valence-corrected chi connectivity index (χ3v) is 2.30. The van der Waals surface area contributed by atoms with Gasteiger partial charge in [-0.3, -0.25) is 4.79 Å². The first-order valence-electron chi connectivity index (χ1n) is 4.32. The van der Waals surface area contributed by atoms with Crippen LogP contribution in [0, 0.1) is 0 Å². The number of fused-ring (bicyclic) bond motifs is 1. The van der Waals surface area contributed by atoms with Gasteiger partial charge in [0.05, 0.1) is 7.11 Å². The molecular formula is C10H11NO3. The fourth-order valence-electron chi connectivity index (χ4n) is 1.56. The molecule has 14 heavy (non-hydrogen) atoms. The van der Waals surface area contributed by atoms with Crippen molar-refractivity contribution in [1.29, 1.82) is 0 Å². The van der Waals surface area contributed by atoms with Gasteiger partial charge < -0.3 is 15.2 Å². The van der Waals surface area contributed by atoms with Crippen molar-refractivity contribution in [3.63, 3.8) is 0 Å². The minimum atomic E-state index is -0.310. The number of benzene rings is 1. The highest BCUT2D eigenvalue weighted by Crippen LogP contribution is 2.35. The molecule has 1 aromatic rings. The van der Waals surface area contributed by atoms with Crippen LogP contribution in [0.3, 0.4) is 0 Å². The summed E-state index contributed by atoms with van der Waals surface area (Å²) in [4.78, 5) is 11.3. The number of carbonyl (C=O) groups is 1. The van der Waals surface area contributed by atoms with Gasteiger partial charge in [0.25, 0.3) is 0 Å². The summed E-state index contributed by atoms with van der Waals surface area (Å²) in [7, 11) is 1.37. The highest BCUT2D eigenvalue weighted by atomic mass is 16.5. The van der Waals surface area contributed by atoms with E-state index >= 15 is 0 Å². The van der Waals surface area contributed by atoms with Gasteiger partial charge in [-0.1, -0.05) is 6.07 Å². The number of methoxy groups -OCH3 is 1. The van der Waals surface area contributed by atoms with E-state index in [9.17, 15) is 4.79 Å². The molecule has 0 spiro atoms. The SMILES string of the molecule is COC(=O)[C@@H]1COc2cc(N)ccc21. The van der Waals surface area contributed by atoms with Gasteiger partial charge in [-0.05, 0) is 6.07 Å². The third kappa shape index (κ3) is 1.28. The zero-order chi connectivity index (χ0) is 10.1. The zero-order valence-corrected chi connectivity index (χ0v) is 7.82. The van der Waals surface area contributed by atoms with Gasteiger partial charge in [0.15, 0.2) is 0 Å². The number of hydrogen-bond donors (Lipinski definition) is 1. The van der Waals surface area contributed by atoms with Gasteiger partial charge >= 0.3 is 5.97 Å². The lowest BCUT2D eigenvalue weighted by atomic mass is 10.0. The molecule has 0 aromatic heterocycles. The molecule has 0 amide bonds. The van der Waals surface area contributed by atoms with Crippen LogP contribution in [0.25, 0.3) is 0 Å². The van der Waals surface area contributed by atoms with Crippen molar-refractivity contribution in [2.24, 2.45) is 0 Å². The van der Waals surface area contributed by atoms with E-state index in [-0.39, 0.29) is 11.9 Å². The van der Waals surface area contributed by atoms with Crippen molar-refractivity contribution in [3.05, 3.63) is 23.8 Å². The molecule has 4 heteroatoms. The second-order valence-corrected chi connectivity index (χ2v) is 3.18. The highest BCUT2D eigenvalue weighted by Gasteiger charge is 2.30. The Hall–Kier alpha value is -1.71. The minimum absolute atomic E-state index is 0.270. The van der Waals surface area contributed by atoms with Gasteiger partial charge in [-0.15, -0.1) is 0 Å². The Morgan fingerprint density at radius 2 is 2.43 bits per heavy atom. The molecule has 1 heterocycles. The Kier molecular flexibility index (Phi) is 2.04. The molecule has 0 saturated heterocycles. The van der Waals surface area contributed by atoms with Crippen LogP contribution in [0.5, 0.6) is 5.75 Å². The molecule has 1 aliphatic rings. The Balaban J connectivity index is 2.35. The monoisotopic (exact) mass is 193 g/mol. The van der Waals surface area contributed by atoms with E-state index < -0.39 is 0 Å². The van der Waals surface area contributed by atoms with Crippen LogP contribution in [0.15, 0.2) is 18.2 Å². The molecule has 1 aliphatic heterocycles. The predicted octanol–water partition coefficient (Wildman–Crippen LogP) is 0.918. The Bertz CT molecular complexity index is 376. The number of ether oxygens (including phenoxy) is 2. The maximum Gasteiger partial charge on any atom is 0.316 e. The van der Waals surface area contributed by atoms with E-state index in [1.54, 1.807) is 18.2 Å². The summed E-state index contributed by atoms with van der Waals surface area (Å²) in [6, 6.07) is 5.28. The Morgan fingerprint density at radius 1 is 1.64 bits per heavy atom. The van der Waals surface area contributed by atoms with Gasteiger partial charge in [0.1, 0.15) is 18.3 Å². The number of rotatable bonds is 1. The van der Waals surface area contributed by atoms with Crippen molar-refractivity contribution in [2.45, 2.75) is 5.92 Å². The molecular weight excluding hydrogens is 182 g/mol. The van der Waals surface area contributed by atoms with Crippen LogP contribution in [-0.2, 0) is 9.53 Å². The number of hydrogen-bond acceptors (Lipinski definition) is 4. The third-order valence-electron chi connectivity index (χ3n) is 2.30. The summed E-state index contributed by atoms with van der Waals surface area (Å²) in [5.41, 5.74) is 7.08. The zero-order valence-electron chi connectivity index (χ0n) is 7.82. The molecule has 1 aromatic carbocycles. The normalized spacial score (nSPS) is 18.5. The van der Waals surface area contributed by atoms with E-state index in [1.807, 2.05) is 0 Å². The van der Waals surface area contributed by atoms with Crippen LogP contribution >= 0.6 is 0 Å². The average Bonchev–Trinajstić information content (AvgIpc) is 2.59. The second-order valence-electron chi connectivity index (χ2n) is 3.18.